The molecule has 11 heteroatoms. The number of aliphatic carboxylic acids is 1. The van der Waals surface area contributed by atoms with Gasteiger partial charge in [-0.25, -0.2) is 0 Å². The van der Waals surface area contributed by atoms with Gasteiger partial charge in [0.05, 0.1) is 23.9 Å². The molecule has 212 valence electrons. The van der Waals surface area contributed by atoms with Crippen molar-refractivity contribution in [1.29, 1.82) is 0 Å². The number of amides is 4. The normalized spacial score (nSPS) is 19.3. The fourth-order valence-electron chi connectivity index (χ4n) is 5.80. The summed E-state index contributed by atoms with van der Waals surface area (Å²) < 4.78 is 5.24. The van der Waals surface area contributed by atoms with E-state index in [4.69, 9.17) is 21.3 Å². The largest absolute Gasteiger partial charge is 0.495 e. The van der Waals surface area contributed by atoms with Crippen molar-refractivity contribution >= 4 is 35.3 Å². The molecule has 5 N–H and O–H groups in total. The van der Waals surface area contributed by atoms with Crippen molar-refractivity contribution in [3.63, 3.8) is 0 Å². The topological polar surface area (TPSA) is 173 Å². The third-order valence-electron chi connectivity index (χ3n) is 8.32. The molecule has 2 fully saturated rings. The molecule has 5 rings (SSSR count). The molecular weight excluding hydrogens is 528 g/mol. The van der Waals surface area contributed by atoms with Crippen molar-refractivity contribution < 1.29 is 33.8 Å². The molecule has 0 radical (unpaired) electrons. The van der Waals surface area contributed by atoms with Gasteiger partial charge in [0.1, 0.15) is 11.8 Å². The summed E-state index contributed by atoms with van der Waals surface area (Å²) in [7, 11) is 1.51. The standard InChI is InChI=1S/C30H30N4O7/c1-41-23-15-18(6-8-21(23)31)27(38)33-13-11-30(12-14-33)16-19(30)7-5-17-3-2-4-20-25(17)29(40)34(28(20)39)22(26(32)37)9-10-24(35)36/h2-4,6,8,15,19,22H,9-14,16,31H2,1H3,(H2,32,37)(H,35,36)/t19-,22-/m0/s1. The molecule has 11 nitrogen and oxygen atoms in total. The summed E-state index contributed by atoms with van der Waals surface area (Å²) in [5.74, 6) is 3.30. The molecule has 41 heavy (non-hydrogen) atoms. The van der Waals surface area contributed by atoms with Crippen molar-refractivity contribution in [3.05, 3.63) is 58.7 Å². The number of likely N-dealkylation sites (tertiary alicyclic amines) is 1. The molecule has 4 amide bonds. The van der Waals surface area contributed by atoms with Gasteiger partial charge < -0.3 is 26.2 Å². The summed E-state index contributed by atoms with van der Waals surface area (Å²) >= 11 is 0. The molecule has 1 saturated heterocycles. The number of benzene rings is 2. The zero-order chi connectivity index (χ0) is 29.5. The number of carboxylic acids is 1. The number of fused-ring (bicyclic) bond motifs is 1. The molecule has 2 heterocycles. The number of hydrogen-bond acceptors (Lipinski definition) is 7. The third kappa shape index (κ3) is 5.09. The molecule has 1 spiro atoms. The number of ether oxygens (including phenoxy) is 1. The van der Waals surface area contributed by atoms with E-state index in [1.165, 1.54) is 13.2 Å². The average molecular weight is 559 g/mol. The van der Waals surface area contributed by atoms with Gasteiger partial charge >= 0.3 is 5.97 Å². The molecule has 0 unspecified atom stereocenters. The van der Waals surface area contributed by atoms with Gasteiger partial charge in [-0.2, -0.15) is 0 Å². The van der Waals surface area contributed by atoms with Crippen LogP contribution >= 0.6 is 0 Å². The summed E-state index contributed by atoms with van der Waals surface area (Å²) in [6, 6.07) is 8.38. The van der Waals surface area contributed by atoms with Crippen LogP contribution < -0.4 is 16.2 Å². The predicted molar refractivity (Wildman–Crippen MR) is 147 cm³/mol. The number of nitrogen functional groups attached to an aromatic ring is 1. The second kappa shape index (κ2) is 10.6. The maximum Gasteiger partial charge on any atom is 0.303 e. The minimum absolute atomic E-state index is 0.000296. The monoisotopic (exact) mass is 558 g/mol. The molecule has 1 saturated carbocycles. The van der Waals surface area contributed by atoms with E-state index in [-0.39, 0.29) is 34.8 Å². The number of nitrogens with two attached hydrogens (primary N) is 2. The number of carbonyl (C=O) groups is 5. The van der Waals surface area contributed by atoms with E-state index in [1.807, 2.05) is 4.90 Å². The van der Waals surface area contributed by atoms with Gasteiger partial charge in [0.25, 0.3) is 17.7 Å². The maximum absolute atomic E-state index is 13.3. The van der Waals surface area contributed by atoms with Crippen molar-refractivity contribution in [3.8, 4) is 17.6 Å². The molecule has 2 aromatic rings. The second-order valence-corrected chi connectivity index (χ2v) is 10.7. The van der Waals surface area contributed by atoms with E-state index in [0.717, 1.165) is 24.2 Å². The SMILES string of the molecule is COc1cc(C(=O)N2CCC3(CC2)C[C@@H]3C#Cc2cccc3c2C(=O)N([C@@H](CCC(=O)O)C(N)=O)C3=O)ccc1N. The van der Waals surface area contributed by atoms with Crippen LogP contribution in [0.2, 0.25) is 0 Å². The van der Waals surface area contributed by atoms with Crippen LogP contribution in [0.5, 0.6) is 5.75 Å². The quantitative estimate of drug-likeness (QED) is 0.262. The fraction of sp³-hybridized carbons (Fsp3) is 0.367. The van der Waals surface area contributed by atoms with Crippen molar-refractivity contribution in [1.82, 2.24) is 9.80 Å². The summed E-state index contributed by atoms with van der Waals surface area (Å²) in [6.45, 7) is 1.19. The molecule has 3 aliphatic rings. The molecular formula is C30H30N4O7. The van der Waals surface area contributed by atoms with Crippen LogP contribution in [-0.4, -0.2) is 70.7 Å². The Morgan fingerprint density at radius 3 is 2.54 bits per heavy atom. The molecule has 0 bridgehead atoms. The Morgan fingerprint density at radius 2 is 1.88 bits per heavy atom. The number of primary amides is 1. The smallest absolute Gasteiger partial charge is 0.303 e. The van der Waals surface area contributed by atoms with Gasteiger partial charge in [0.2, 0.25) is 5.91 Å². The van der Waals surface area contributed by atoms with Crippen LogP contribution in [0.4, 0.5) is 5.69 Å². The summed E-state index contributed by atoms with van der Waals surface area (Å²) in [5, 5.41) is 9.00. The fourth-order valence-corrected chi connectivity index (χ4v) is 5.80. The van der Waals surface area contributed by atoms with Gasteiger partial charge in [-0.3, -0.25) is 28.9 Å². The van der Waals surface area contributed by atoms with Crippen LogP contribution in [0.25, 0.3) is 0 Å². The first-order valence-electron chi connectivity index (χ1n) is 13.3. The van der Waals surface area contributed by atoms with E-state index >= 15 is 0 Å². The summed E-state index contributed by atoms with van der Waals surface area (Å²) in [6.07, 6.45) is 1.78. The van der Waals surface area contributed by atoms with Gasteiger partial charge in [0.15, 0.2) is 0 Å². The van der Waals surface area contributed by atoms with Crippen LogP contribution in [0.3, 0.4) is 0 Å². The number of methoxy groups -OCH3 is 1. The Bertz CT molecular complexity index is 1530. The first-order valence-corrected chi connectivity index (χ1v) is 13.3. The Kier molecular flexibility index (Phi) is 7.17. The number of rotatable bonds is 7. The lowest BCUT2D eigenvalue weighted by atomic mass is 9.90. The van der Waals surface area contributed by atoms with Crippen LogP contribution in [0.1, 0.15) is 68.7 Å². The Morgan fingerprint density at radius 1 is 1.15 bits per heavy atom. The van der Waals surface area contributed by atoms with Gasteiger partial charge in [-0.05, 0) is 61.4 Å². The molecule has 2 aliphatic heterocycles. The first kappa shape index (κ1) is 27.7. The zero-order valence-corrected chi connectivity index (χ0v) is 22.5. The number of piperidine rings is 1. The molecule has 1 aliphatic carbocycles. The van der Waals surface area contributed by atoms with Crippen molar-refractivity contribution in [2.45, 2.75) is 38.1 Å². The Labute approximate surface area is 236 Å². The number of hydrogen-bond donors (Lipinski definition) is 3. The third-order valence-corrected chi connectivity index (χ3v) is 8.32. The van der Waals surface area contributed by atoms with Gasteiger partial charge in [0, 0.05) is 36.6 Å². The van der Waals surface area contributed by atoms with E-state index in [1.54, 1.807) is 30.3 Å². The summed E-state index contributed by atoms with van der Waals surface area (Å²) in [5.41, 5.74) is 12.9. The van der Waals surface area contributed by atoms with E-state index in [9.17, 15) is 24.0 Å². The molecule has 0 aromatic heterocycles. The van der Waals surface area contributed by atoms with Crippen molar-refractivity contribution in [2.24, 2.45) is 17.1 Å². The highest BCUT2D eigenvalue weighted by molar-refractivity contribution is 6.23. The first-order chi connectivity index (χ1) is 19.6. The average Bonchev–Trinajstić information content (AvgIpc) is 3.56. The van der Waals surface area contributed by atoms with Crippen LogP contribution in [0.15, 0.2) is 36.4 Å². The number of carbonyl (C=O) groups excluding carboxylic acids is 4. The Balaban J connectivity index is 1.27. The van der Waals surface area contributed by atoms with E-state index in [0.29, 0.717) is 35.7 Å². The number of carboxylic acid groups (broad SMARTS) is 1. The second-order valence-electron chi connectivity index (χ2n) is 10.7. The van der Waals surface area contributed by atoms with Crippen LogP contribution in [-0.2, 0) is 9.59 Å². The molecule has 2 atom stereocenters. The number of imide groups is 1. The zero-order valence-electron chi connectivity index (χ0n) is 22.5. The lowest BCUT2D eigenvalue weighted by molar-refractivity contribution is -0.137. The maximum atomic E-state index is 13.3. The summed E-state index contributed by atoms with van der Waals surface area (Å²) in [4.78, 5) is 65.0. The predicted octanol–water partition coefficient (Wildman–Crippen LogP) is 1.89. The minimum Gasteiger partial charge on any atom is -0.495 e. The lowest BCUT2D eigenvalue weighted by Crippen LogP contribution is -2.48. The molecule has 2 aromatic carbocycles. The van der Waals surface area contributed by atoms with Crippen LogP contribution in [0, 0.1) is 23.2 Å². The highest BCUT2D eigenvalue weighted by Gasteiger charge is 2.54. The number of anilines is 1. The highest BCUT2D eigenvalue weighted by atomic mass is 16.5. The number of nitrogens with zero attached hydrogens (tertiary/aromatic N) is 2. The highest BCUT2D eigenvalue weighted by Crippen LogP contribution is 2.59. The van der Waals surface area contributed by atoms with Crippen molar-refractivity contribution in [2.75, 3.05) is 25.9 Å². The van der Waals surface area contributed by atoms with Gasteiger partial charge in [-0.1, -0.05) is 17.9 Å². The van der Waals surface area contributed by atoms with E-state index < -0.39 is 36.2 Å². The van der Waals surface area contributed by atoms with E-state index in [2.05, 4.69) is 11.8 Å². The lowest BCUT2D eigenvalue weighted by Gasteiger charge is -2.32. The Hall–Kier alpha value is -4.85. The minimum atomic E-state index is -1.37. The van der Waals surface area contributed by atoms with Gasteiger partial charge in [-0.15, -0.1) is 0 Å².